The number of ether oxygens (including phenoxy) is 1. The number of rotatable bonds is 6. The molecule has 7 nitrogen and oxygen atoms in total. The van der Waals surface area contributed by atoms with Crippen LogP contribution >= 0.6 is 15.9 Å². The van der Waals surface area contributed by atoms with Gasteiger partial charge in [0.2, 0.25) is 0 Å². The number of nitrogens with zero attached hydrogens (tertiary/aromatic N) is 2. The summed E-state index contributed by atoms with van der Waals surface area (Å²) in [6.45, 7) is 1.28. The molecule has 8 heteroatoms. The second kappa shape index (κ2) is 8.34. The number of piperidine rings is 1. The molecule has 3 aromatic rings. The van der Waals surface area contributed by atoms with Crippen LogP contribution in [0.15, 0.2) is 57.5 Å². The molecule has 1 saturated heterocycles. The molecule has 0 bridgehead atoms. The molecule has 0 unspecified atom stereocenters. The number of carboxylic acid groups (broad SMARTS) is 1. The van der Waals surface area contributed by atoms with E-state index in [4.69, 9.17) is 19.4 Å². The molecule has 4 rings (SSSR count). The first-order valence-electron chi connectivity index (χ1n) is 9.33. The van der Waals surface area contributed by atoms with E-state index in [-0.39, 0.29) is 5.41 Å². The van der Waals surface area contributed by atoms with Crippen LogP contribution in [-0.4, -0.2) is 40.9 Å². The van der Waals surface area contributed by atoms with Crippen LogP contribution in [0.2, 0.25) is 0 Å². The van der Waals surface area contributed by atoms with Crippen molar-refractivity contribution >= 4 is 21.9 Å². The minimum Gasteiger partial charge on any atom is -0.481 e. The predicted octanol–water partition coefficient (Wildman–Crippen LogP) is 3.63. The second-order valence-corrected chi connectivity index (χ2v) is 7.86. The highest BCUT2D eigenvalue weighted by molar-refractivity contribution is 9.10. The van der Waals surface area contributed by atoms with Crippen molar-refractivity contribution in [3.05, 3.63) is 64.4 Å². The molecule has 2 heterocycles. The van der Waals surface area contributed by atoms with Gasteiger partial charge in [-0.25, -0.2) is 4.79 Å². The number of carbonyl (C=O) groups is 1. The van der Waals surface area contributed by atoms with E-state index in [0.29, 0.717) is 23.0 Å². The van der Waals surface area contributed by atoms with Gasteiger partial charge in [0.25, 0.3) is 5.89 Å². The minimum absolute atomic E-state index is 0.301. The van der Waals surface area contributed by atoms with Crippen molar-refractivity contribution in [3.8, 4) is 17.2 Å². The molecule has 1 aromatic heterocycles. The van der Waals surface area contributed by atoms with E-state index in [1.165, 1.54) is 0 Å². The van der Waals surface area contributed by atoms with Gasteiger partial charge in [-0.05, 0) is 49.7 Å². The highest BCUT2D eigenvalue weighted by Gasteiger charge is 2.40. The summed E-state index contributed by atoms with van der Waals surface area (Å²) in [6, 6.07) is 15.5. The zero-order chi connectivity index (χ0) is 20.3. The smallest absolute Gasteiger partial charge is 0.341 e. The van der Waals surface area contributed by atoms with Crippen molar-refractivity contribution in [1.82, 2.24) is 15.5 Å². The topological polar surface area (TPSA) is 97.5 Å². The Kier molecular flexibility index (Phi) is 5.64. The normalized spacial score (nSPS) is 15.8. The molecule has 29 heavy (non-hydrogen) atoms. The molecule has 0 amide bonds. The van der Waals surface area contributed by atoms with E-state index in [1.54, 1.807) is 18.2 Å². The lowest BCUT2D eigenvalue weighted by atomic mass is 9.72. The van der Waals surface area contributed by atoms with Gasteiger partial charge >= 0.3 is 5.97 Å². The quantitative estimate of drug-likeness (QED) is 0.582. The second-order valence-electron chi connectivity index (χ2n) is 6.94. The summed E-state index contributed by atoms with van der Waals surface area (Å²) in [7, 11) is 0. The number of hydrogen-bond donors (Lipinski definition) is 2. The van der Waals surface area contributed by atoms with Gasteiger partial charge in [0.15, 0.2) is 12.4 Å². The number of nitrogens with one attached hydrogen (secondary N) is 1. The van der Waals surface area contributed by atoms with E-state index < -0.39 is 12.6 Å². The average molecular weight is 458 g/mol. The summed E-state index contributed by atoms with van der Waals surface area (Å²) in [5, 5.41) is 16.7. The molecule has 0 spiro atoms. The van der Waals surface area contributed by atoms with Crippen LogP contribution in [0.5, 0.6) is 5.75 Å². The van der Waals surface area contributed by atoms with Crippen LogP contribution in [-0.2, 0) is 10.2 Å². The molecule has 1 fully saturated rings. The van der Waals surface area contributed by atoms with Gasteiger partial charge in [0, 0.05) is 4.47 Å². The Morgan fingerprint density at radius 2 is 1.97 bits per heavy atom. The van der Waals surface area contributed by atoms with Gasteiger partial charge in [-0.15, -0.1) is 0 Å². The van der Waals surface area contributed by atoms with Gasteiger partial charge in [-0.3, -0.25) is 0 Å². The molecule has 1 aliphatic heterocycles. The summed E-state index contributed by atoms with van der Waals surface area (Å²) in [6.07, 6.45) is 1.72. The fourth-order valence-corrected chi connectivity index (χ4v) is 4.08. The molecule has 1 aliphatic rings. The van der Waals surface area contributed by atoms with Crippen molar-refractivity contribution in [2.75, 3.05) is 19.7 Å². The first-order valence-corrected chi connectivity index (χ1v) is 10.1. The van der Waals surface area contributed by atoms with E-state index in [9.17, 15) is 4.79 Å². The first kappa shape index (κ1) is 19.6. The molecular formula is C21H20BrN3O4. The lowest BCUT2D eigenvalue weighted by Crippen LogP contribution is -2.41. The Bertz CT molecular complexity index is 1000. The Hall–Kier alpha value is -2.71. The lowest BCUT2D eigenvalue weighted by Gasteiger charge is -2.35. The Morgan fingerprint density at radius 3 is 2.69 bits per heavy atom. The number of aliphatic carboxylic acids is 1. The summed E-state index contributed by atoms with van der Waals surface area (Å²) in [5.74, 6) is 0.257. The third kappa shape index (κ3) is 4.04. The van der Waals surface area contributed by atoms with Crippen molar-refractivity contribution in [1.29, 1.82) is 0 Å². The fraction of sp³-hybridized carbons (Fsp3) is 0.286. The summed E-state index contributed by atoms with van der Waals surface area (Å²) < 4.78 is 11.8. The van der Waals surface area contributed by atoms with Crippen LogP contribution in [0.1, 0.15) is 24.2 Å². The van der Waals surface area contributed by atoms with Crippen LogP contribution in [0.3, 0.4) is 0 Å². The maximum Gasteiger partial charge on any atom is 0.341 e. The molecule has 0 radical (unpaired) electrons. The zero-order valence-electron chi connectivity index (χ0n) is 15.6. The van der Waals surface area contributed by atoms with Gasteiger partial charge < -0.3 is 19.7 Å². The summed E-state index contributed by atoms with van der Waals surface area (Å²) in [4.78, 5) is 15.6. The van der Waals surface area contributed by atoms with Crippen molar-refractivity contribution in [3.63, 3.8) is 0 Å². The standard InChI is InChI=1S/C21H20BrN3O4/c22-15-6-7-17(28-13-18(26)27)16(12-15)19-24-20(25-29-19)21(8-10-23-11-9-21)14-4-2-1-3-5-14/h1-7,12,23H,8-11,13H2,(H,26,27). The number of benzene rings is 2. The van der Waals surface area contributed by atoms with E-state index in [2.05, 4.69) is 38.5 Å². The van der Waals surface area contributed by atoms with Crippen LogP contribution in [0.4, 0.5) is 0 Å². The molecule has 0 aliphatic carbocycles. The van der Waals surface area contributed by atoms with Crippen LogP contribution in [0, 0.1) is 0 Å². The van der Waals surface area contributed by atoms with Crippen LogP contribution in [0.25, 0.3) is 11.5 Å². The molecule has 2 aromatic carbocycles. The van der Waals surface area contributed by atoms with E-state index in [1.807, 2.05) is 18.2 Å². The van der Waals surface area contributed by atoms with E-state index in [0.717, 1.165) is 36.0 Å². The number of halogens is 1. The minimum atomic E-state index is -1.05. The SMILES string of the molecule is O=C(O)COc1ccc(Br)cc1-c1nc(C2(c3ccccc3)CCNCC2)no1. The van der Waals surface area contributed by atoms with Gasteiger partial charge in [-0.1, -0.05) is 51.4 Å². The average Bonchev–Trinajstić information content (AvgIpc) is 3.24. The number of carboxylic acids is 1. The molecule has 0 atom stereocenters. The first-order chi connectivity index (χ1) is 14.1. The summed E-state index contributed by atoms with van der Waals surface area (Å²) in [5.41, 5.74) is 1.38. The fourth-order valence-electron chi connectivity index (χ4n) is 3.71. The van der Waals surface area contributed by atoms with Gasteiger partial charge in [0.05, 0.1) is 11.0 Å². The third-order valence-corrected chi connectivity index (χ3v) is 5.65. The largest absolute Gasteiger partial charge is 0.481 e. The third-order valence-electron chi connectivity index (χ3n) is 5.16. The zero-order valence-corrected chi connectivity index (χ0v) is 17.2. The number of aromatic nitrogens is 2. The highest BCUT2D eigenvalue weighted by Crippen LogP contribution is 2.40. The number of hydrogen-bond acceptors (Lipinski definition) is 6. The Balaban J connectivity index is 1.74. The van der Waals surface area contributed by atoms with Gasteiger partial charge in [-0.2, -0.15) is 4.98 Å². The Labute approximate surface area is 176 Å². The van der Waals surface area contributed by atoms with Gasteiger partial charge in [0.1, 0.15) is 5.75 Å². The molecular weight excluding hydrogens is 438 g/mol. The highest BCUT2D eigenvalue weighted by atomic mass is 79.9. The molecule has 0 saturated carbocycles. The Morgan fingerprint density at radius 1 is 1.21 bits per heavy atom. The van der Waals surface area contributed by atoms with Crippen molar-refractivity contribution < 1.29 is 19.2 Å². The van der Waals surface area contributed by atoms with E-state index >= 15 is 0 Å². The monoisotopic (exact) mass is 457 g/mol. The van der Waals surface area contributed by atoms with Crippen LogP contribution < -0.4 is 10.1 Å². The maximum absolute atomic E-state index is 10.9. The maximum atomic E-state index is 10.9. The molecule has 150 valence electrons. The van der Waals surface area contributed by atoms with Crippen molar-refractivity contribution in [2.45, 2.75) is 18.3 Å². The molecule has 2 N–H and O–H groups in total. The van der Waals surface area contributed by atoms with Crippen molar-refractivity contribution in [2.24, 2.45) is 0 Å². The predicted molar refractivity (Wildman–Crippen MR) is 110 cm³/mol. The lowest BCUT2D eigenvalue weighted by molar-refractivity contribution is -0.139. The summed E-state index contributed by atoms with van der Waals surface area (Å²) >= 11 is 3.43.